The van der Waals surface area contributed by atoms with E-state index in [2.05, 4.69) is 5.43 Å². The van der Waals surface area contributed by atoms with Crippen LogP contribution in [0.2, 0.25) is 5.02 Å². The Hall–Kier alpha value is -0.680. The van der Waals surface area contributed by atoms with Gasteiger partial charge in [-0.25, -0.2) is 4.39 Å². The van der Waals surface area contributed by atoms with E-state index < -0.39 is 5.82 Å². The molecular formula is C12H18ClFN2O. The lowest BCUT2D eigenvalue weighted by Gasteiger charge is -2.19. The van der Waals surface area contributed by atoms with E-state index in [0.29, 0.717) is 6.42 Å². The highest BCUT2D eigenvalue weighted by Gasteiger charge is 2.13. The fourth-order valence-corrected chi connectivity index (χ4v) is 1.86. The van der Waals surface area contributed by atoms with E-state index in [4.69, 9.17) is 22.2 Å². The minimum atomic E-state index is -0.405. The number of ether oxygens (including phenoxy) is 1. The van der Waals surface area contributed by atoms with Crippen LogP contribution < -0.4 is 11.3 Å². The summed E-state index contributed by atoms with van der Waals surface area (Å²) in [6, 6.07) is 4.78. The van der Waals surface area contributed by atoms with Gasteiger partial charge in [-0.05, 0) is 37.5 Å². The molecule has 0 radical (unpaired) electrons. The first-order valence-electron chi connectivity index (χ1n) is 5.49. The van der Waals surface area contributed by atoms with Gasteiger partial charge in [0, 0.05) is 13.2 Å². The van der Waals surface area contributed by atoms with Gasteiger partial charge >= 0.3 is 0 Å². The highest BCUT2D eigenvalue weighted by molar-refractivity contribution is 6.30. The van der Waals surface area contributed by atoms with Crippen LogP contribution in [-0.2, 0) is 11.2 Å². The third kappa shape index (κ3) is 4.60. The van der Waals surface area contributed by atoms with Crippen LogP contribution in [0.1, 0.15) is 18.9 Å². The zero-order valence-corrected chi connectivity index (χ0v) is 10.8. The summed E-state index contributed by atoms with van der Waals surface area (Å²) in [6.45, 7) is 1.97. The first-order chi connectivity index (χ1) is 8.06. The number of methoxy groups -OCH3 is 1. The first-order valence-corrected chi connectivity index (χ1v) is 5.87. The smallest absolute Gasteiger partial charge is 0.141 e. The van der Waals surface area contributed by atoms with Gasteiger partial charge in [-0.15, -0.1) is 0 Å². The molecule has 0 spiro atoms. The predicted molar refractivity (Wildman–Crippen MR) is 67.3 cm³/mol. The number of benzene rings is 1. The maximum atomic E-state index is 13.0. The molecule has 1 rings (SSSR count). The van der Waals surface area contributed by atoms with Crippen LogP contribution in [0.3, 0.4) is 0 Å². The number of nitrogens with two attached hydrogens (primary N) is 1. The maximum Gasteiger partial charge on any atom is 0.141 e. The van der Waals surface area contributed by atoms with E-state index in [1.165, 1.54) is 6.07 Å². The normalized spacial score (nSPS) is 14.6. The molecule has 0 aromatic heterocycles. The Morgan fingerprint density at radius 1 is 1.53 bits per heavy atom. The summed E-state index contributed by atoms with van der Waals surface area (Å²) in [5.41, 5.74) is 3.68. The molecule has 96 valence electrons. The Morgan fingerprint density at radius 2 is 2.24 bits per heavy atom. The average Bonchev–Trinajstić information content (AvgIpc) is 2.32. The maximum absolute atomic E-state index is 13.0. The molecule has 0 aliphatic heterocycles. The van der Waals surface area contributed by atoms with E-state index in [9.17, 15) is 4.39 Å². The van der Waals surface area contributed by atoms with Crippen LogP contribution in [-0.4, -0.2) is 19.3 Å². The molecule has 0 saturated heterocycles. The van der Waals surface area contributed by atoms with Crippen LogP contribution in [0.25, 0.3) is 0 Å². The van der Waals surface area contributed by atoms with Gasteiger partial charge in [0.1, 0.15) is 5.82 Å². The van der Waals surface area contributed by atoms with E-state index in [1.807, 2.05) is 6.92 Å². The second kappa shape index (κ2) is 6.91. The van der Waals surface area contributed by atoms with Crippen molar-refractivity contribution in [2.75, 3.05) is 7.11 Å². The molecule has 0 aliphatic carbocycles. The minimum absolute atomic E-state index is 0.0754. The topological polar surface area (TPSA) is 47.3 Å². The number of hydrogen-bond acceptors (Lipinski definition) is 3. The Labute approximate surface area is 106 Å². The van der Waals surface area contributed by atoms with Crippen molar-refractivity contribution in [3.05, 3.63) is 34.6 Å². The van der Waals surface area contributed by atoms with Crippen molar-refractivity contribution in [2.24, 2.45) is 5.84 Å². The van der Waals surface area contributed by atoms with Gasteiger partial charge in [-0.1, -0.05) is 17.7 Å². The molecule has 0 aliphatic rings. The molecule has 0 amide bonds. The lowest BCUT2D eigenvalue weighted by molar-refractivity contribution is 0.100. The zero-order chi connectivity index (χ0) is 12.8. The number of rotatable bonds is 6. The van der Waals surface area contributed by atoms with Crippen LogP contribution in [0.5, 0.6) is 0 Å². The summed E-state index contributed by atoms with van der Waals surface area (Å²) in [5, 5.41) is 0.137. The van der Waals surface area contributed by atoms with Gasteiger partial charge in [0.25, 0.3) is 0 Å². The summed E-state index contributed by atoms with van der Waals surface area (Å²) >= 11 is 5.72. The number of hydrazine groups is 1. The highest BCUT2D eigenvalue weighted by Crippen LogP contribution is 2.18. The molecule has 3 nitrogen and oxygen atoms in total. The fourth-order valence-electron chi connectivity index (χ4n) is 1.66. The van der Waals surface area contributed by atoms with Gasteiger partial charge in [-0.3, -0.25) is 11.3 Å². The lowest BCUT2D eigenvalue weighted by Crippen LogP contribution is -2.39. The Kier molecular flexibility index (Phi) is 5.85. The van der Waals surface area contributed by atoms with E-state index in [0.717, 1.165) is 12.0 Å². The summed E-state index contributed by atoms with van der Waals surface area (Å²) < 4.78 is 18.2. The largest absolute Gasteiger partial charge is 0.382 e. The van der Waals surface area contributed by atoms with Gasteiger partial charge in [-0.2, -0.15) is 0 Å². The standard InChI is InChI=1S/C12H18ClFN2O/c1-8(17-2)5-10(16-15)6-9-3-4-12(14)11(13)7-9/h3-4,7-8,10,16H,5-6,15H2,1-2H3. The molecule has 2 atom stereocenters. The molecule has 3 N–H and O–H groups in total. The molecule has 0 fully saturated rings. The summed E-state index contributed by atoms with van der Waals surface area (Å²) in [4.78, 5) is 0. The minimum Gasteiger partial charge on any atom is -0.382 e. The number of nitrogens with one attached hydrogen (secondary N) is 1. The molecule has 1 aromatic rings. The molecule has 0 bridgehead atoms. The van der Waals surface area contributed by atoms with Crippen molar-refractivity contribution in [3.63, 3.8) is 0 Å². The van der Waals surface area contributed by atoms with Gasteiger partial charge in [0.05, 0.1) is 11.1 Å². The lowest BCUT2D eigenvalue weighted by atomic mass is 10.0. The van der Waals surface area contributed by atoms with Crippen molar-refractivity contribution in [3.8, 4) is 0 Å². The fraction of sp³-hybridized carbons (Fsp3) is 0.500. The molecular weight excluding hydrogens is 243 g/mol. The average molecular weight is 261 g/mol. The molecule has 1 aromatic carbocycles. The summed E-state index contributed by atoms with van der Waals surface area (Å²) in [5.74, 6) is 5.07. The SMILES string of the molecule is COC(C)CC(Cc1ccc(F)c(Cl)c1)NN. The number of hydrogen-bond donors (Lipinski definition) is 2. The van der Waals surface area contributed by atoms with Crippen molar-refractivity contribution < 1.29 is 9.13 Å². The summed E-state index contributed by atoms with van der Waals surface area (Å²) in [6.07, 6.45) is 1.58. The Bertz CT molecular complexity index is 362. The first kappa shape index (κ1) is 14.4. The monoisotopic (exact) mass is 260 g/mol. The van der Waals surface area contributed by atoms with Crippen LogP contribution in [0, 0.1) is 5.82 Å². The van der Waals surface area contributed by atoms with Gasteiger partial charge in [0.2, 0.25) is 0 Å². The zero-order valence-electron chi connectivity index (χ0n) is 10.0. The number of halogens is 2. The van der Waals surface area contributed by atoms with Crippen LogP contribution >= 0.6 is 11.6 Å². The quantitative estimate of drug-likeness (QED) is 0.609. The van der Waals surface area contributed by atoms with Crippen LogP contribution in [0.15, 0.2) is 18.2 Å². The van der Waals surface area contributed by atoms with E-state index >= 15 is 0 Å². The second-order valence-electron chi connectivity index (χ2n) is 4.10. The van der Waals surface area contributed by atoms with Crippen LogP contribution in [0.4, 0.5) is 4.39 Å². The van der Waals surface area contributed by atoms with Crippen molar-refractivity contribution >= 4 is 11.6 Å². The van der Waals surface area contributed by atoms with E-state index in [-0.39, 0.29) is 17.2 Å². The third-order valence-electron chi connectivity index (χ3n) is 2.72. The predicted octanol–water partition coefficient (Wildman–Crippen LogP) is 2.28. The van der Waals surface area contributed by atoms with E-state index in [1.54, 1.807) is 19.2 Å². The van der Waals surface area contributed by atoms with Gasteiger partial charge in [0.15, 0.2) is 0 Å². The highest BCUT2D eigenvalue weighted by atomic mass is 35.5. The Balaban J connectivity index is 2.63. The second-order valence-corrected chi connectivity index (χ2v) is 4.51. The van der Waals surface area contributed by atoms with Crippen molar-refractivity contribution in [1.29, 1.82) is 0 Å². The van der Waals surface area contributed by atoms with Crippen molar-refractivity contribution in [2.45, 2.75) is 31.9 Å². The Morgan fingerprint density at radius 3 is 2.76 bits per heavy atom. The molecule has 0 heterocycles. The molecule has 5 heteroatoms. The third-order valence-corrected chi connectivity index (χ3v) is 3.01. The van der Waals surface area contributed by atoms with Gasteiger partial charge < -0.3 is 4.74 Å². The molecule has 2 unspecified atom stereocenters. The molecule has 17 heavy (non-hydrogen) atoms. The summed E-state index contributed by atoms with van der Waals surface area (Å²) in [7, 11) is 1.66. The van der Waals surface area contributed by atoms with Crippen molar-refractivity contribution in [1.82, 2.24) is 5.43 Å². The molecule has 0 saturated carbocycles.